The fourth-order valence-electron chi connectivity index (χ4n) is 2.37. The lowest BCUT2D eigenvalue weighted by Gasteiger charge is -2.22. The lowest BCUT2D eigenvalue weighted by atomic mass is 10.1. The number of amidine groups is 1. The molecule has 0 saturated heterocycles. The summed E-state index contributed by atoms with van der Waals surface area (Å²) in [5, 5.41) is 7.41. The number of nitrogen functional groups attached to an aromatic ring is 1. The van der Waals surface area contributed by atoms with Gasteiger partial charge in [-0.15, -0.1) is 0 Å². The van der Waals surface area contributed by atoms with Crippen molar-refractivity contribution in [2.45, 2.75) is 32.7 Å². The zero-order chi connectivity index (χ0) is 13.8. The fourth-order valence-corrected chi connectivity index (χ4v) is 2.37. The monoisotopic (exact) mass is 263 g/mol. The van der Waals surface area contributed by atoms with E-state index in [1.54, 1.807) is 6.07 Å². The van der Waals surface area contributed by atoms with E-state index in [2.05, 4.69) is 11.8 Å². The average molecular weight is 263 g/mol. The normalized spacial score (nSPS) is 14.9. The Labute approximate surface area is 114 Å². The minimum atomic E-state index is -0.314. The van der Waals surface area contributed by atoms with Crippen LogP contribution in [-0.2, 0) is 6.54 Å². The minimum Gasteiger partial charge on any atom is -0.384 e. The number of hydrogen-bond acceptors (Lipinski definition) is 2. The number of nitrogens with one attached hydrogen (secondary N) is 1. The molecule has 0 unspecified atom stereocenters. The molecule has 104 valence electrons. The van der Waals surface area contributed by atoms with E-state index >= 15 is 0 Å². The van der Waals surface area contributed by atoms with Crippen molar-refractivity contribution in [1.82, 2.24) is 4.90 Å². The number of nitrogens with two attached hydrogens (primary N) is 1. The van der Waals surface area contributed by atoms with Gasteiger partial charge in [0, 0.05) is 18.7 Å². The zero-order valence-electron chi connectivity index (χ0n) is 11.5. The summed E-state index contributed by atoms with van der Waals surface area (Å²) < 4.78 is 13.5. The van der Waals surface area contributed by atoms with Gasteiger partial charge in [-0.25, -0.2) is 4.39 Å². The van der Waals surface area contributed by atoms with Gasteiger partial charge in [0.15, 0.2) is 0 Å². The third-order valence-electron chi connectivity index (χ3n) is 3.43. The molecule has 0 radical (unpaired) electrons. The maximum Gasteiger partial charge on any atom is 0.124 e. The van der Waals surface area contributed by atoms with E-state index in [1.165, 1.54) is 18.9 Å². The second-order valence-corrected chi connectivity index (χ2v) is 5.44. The van der Waals surface area contributed by atoms with Gasteiger partial charge in [-0.2, -0.15) is 0 Å². The number of nitrogens with zero attached hydrogens (tertiary/aromatic N) is 1. The Morgan fingerprint density at radius 2 is 2.16 bits per heavy atom. The van der Waals surface area contributed by atoms with E-state index in [9.17, 15) is 4.39 Å². The highest BCUT2D eigenvalue weighted by molar-refractivity contribution is 5.95. The number of rotatable bonds is 7. The molecule has 0 atom stereocenters. The maximum absolute atomic E-state index is 13.5. The van der Waals surface area contributed by atoms with Crippen LogP contribution in [0.2, 0.25) is 0 Å². The fraction of sp³-hybridized carbons (Fsp3) is 0.533. The molecule has 0 aromatic heterocycles. The summed E-state index contributed by atoms with van der Waals surface area (Å²) in [5.41, 5.74) is 6.81. The molecule has 0 bridgehead atoms. The standard InChI is InChI=1S/C15H22FN3/c1-2-5-19(9-11-3-4-11)10-12-6-13(15(17)18)8-14(16)7-12/h6-8,11H,2-5,9-10H2,1H3,(H3,17,18). The van der Waals surface area contributed by atoms with Crippen LogP contribution < -0.4 is 5.73 Å². The van der Waals surface area contributed by atoms with E-state index < -0.39 is 0 Å². The first-order chi connectivity index (χ1) is 9.08. The summed E-state index contributed by atoms with van der Waals surface area (Å²) >= 11 is 0. The Morgan fingerprint density at radius 1 is 1.42 bits per heavy atom. The van der Waals surface area contributed by atoms with Gasteiger partial charge >= 0.3 is 0 Å². The Balaban J connectivity index is 2.08. The van der Waals surface area contributed by atoms with Gasteiger partial charge in [-0.1, -0.05) is 6.92 Å². The van der Waals surface area contributed by atoms with Crippen LogP contribution in [0.5, 0.6) is 0 Å². The first kappa shape index (κ1) is 14.0. The lowest BCUT2D eigenvalue weighted by molar-refractivity contribution is 0.255. The number of hydrogen-bond donors (Lipinski definition) is 2. The van der Waals surface area contributed by atoms with Gasteiger partial charge in [0.05, 0.1) is 0 Å². The molecular formula is C15H22FN3. The van der Waals surface area contributed by atoms with Crippen molar-refractivity contribution in [3.63, 3.8) is 0 Å². The molecule has 0 spiro atoms. The van der Waals surface area contributed by atoms with E-state index in [4.69, 9.17) is 11.1 Å². The predicted molar refractivity (Wildman–Crippen MR) is 75.7 cm³/mol. The summed E-state index contributed by atoms with van der Waals surface area (Å²) in [4.78, 5) is 2.37. The summed E-state index contributed by atoms with van der Waals surface area (Å²) in [5.74, 6) is 0.433. The predicted octanol–water partition coefficient (Wildman–Crippen LogP) is 2.73. The lowest BCUT2D eigenvalue weighted by Crippen LogP contribution is -2.26. The molecule has 1 aromatic rings. The molecule has 1 saturated carbocycles. The van der Waals surface area contributed by atoms with Crippen LogP contribution in [0.15, 0.2) is 18.2 Å². The molecule has 1 aliphatic carbocycles. The maximum atomic E-state index is 13.5. The quantitative estimate of drug-likeness (QED) is 0.587. The Hall–Kier alpha value is -1.42. The van der Waals surface area contributed by atoms with E-state index in [0.29, 0.717) is 5.56 Å². The van der Waals surface area contributed by atoms with Crippen LogP contribution in [0.3, 0.4) is 0 Å². The van der Waals surface area contributed by atoms with Crippen molar-refractivity contribution in [1.29, 1.82) is 5.41 Å². The first-order valence-electron chi connectivity index (χ1n) is 6.94. The van der Waals surface area contributed by atoms with Crippen LogP contribution in [0.1, 0.15) is 37.3 Å². The minimum absolute atomic E-state index is 0.0787. The smallest absolute Gasteiger partial charge is 0.124 e. The molecule has 0 heterocycles. The van der Waals surface area contributed by atoms with Crippen LogP contribution in [0.25, 0.3) is 0 Å². The van der Waals surface area contributed by atoms with Gasteiger partial charge in [0.25, 0.3) is 0 Å². The highest BCUT2D eigenvalue weighted by Crippen LogP contribution is 2.30. The number of benzene rings is 1. The summed E-state index contributed by atoms with van der Waals surface area (Å²) in [6.07, 6.45) is 3.74. The van der Waals surface area contributed by atoms with Crippen LogP contribution in [0.4, 0.5) is 4.39 Å². The van der Waals surface area contributed by atoms with Gasteiger partial charge in [0.2, 0.25) is 0 Å². The Kier molecular flexibility index (Phi) is 4.53. The summed E-state index contributed by atoms with van der Waals surface area (Å²) in [7, 11) is 0. The van der Waals surface area contributed by atoms with E-state index in [1.807, 2.05) is 6.07 Å². The topological polar surface area (TPSA) is 53.1 Å². The van der Waals surface area contributed by atoms with Gasteiger partial charge in [0.1, 0.15) is 11.7 Å². The molecule has 0 aliphatic heterocycles. The molecule has 4 heteroatoms. The van der Waals surface area contributed by atoms with Crippen molar-refractivity contribution in [2.24, 2.45) is 11.7 Å². The van der Waals surface area contributed by atoms with Crippen molar-refractivity contribution in [3.8, 4) is 0 Å². The SMILES string of the molecule is CCCN(Cc1cc(F)cc(C(=N)N)c1)CC1CC1. The molecule has 1 fully saturated rings. The van der Waals surface area contributed by atoms with E-state index in [0.717, 1.165) is 37.5 Å². The molecule has 19 heavy (non-hydrogen) atoms. The largest absolute Gasteiger partial charge is 0.384 e. The number of halogens is 1. The van der Waals surface area contributed by atoms with Crippen molar-refractivity contribution in [2.75, 3.05) is 13.1 Å². The Bertz CT molecular complexity index is 455. The van der Waals surface area contributed by atoms with Crippen LogP contribution in [0, 0.1) is 17.1 Å². The van der Waals surface area contributed by atoms with Gasteiger partial charge in [-0.3, -0.25) is 10.3 Å². The van der Waals surface area contributed by atoms with Crippen molar-refractivity contribution >= 4 is 5.84 Å². The second-order valence-electron chi connectivity index (χ2n) is 5.44. The average Bonchev–Trinajstić information content (AvgIpc) is 3.12. The third kappa shape index (κ3) is 4.31. The molecule has 3 N–H and O–H groups in total. The summed E-state index contributed by atoms with van der Waals surface area (Å²) in [6, 6.07) is 4.68. The van der Waals surface area contributed by atoms with Gasteiger partial charge in [-0.05, 0) is 55.5 Å². The molecule has 3 nitrogen and oxygen atoms in total. The molecule has 2 rings (SSSR count). The highest BCUT2D eigenvalue weighted by Gasteiger charge is 2.24. The van der Waals surface area contributed by atoms with E-state index in [-0.39, 0.29) is 11.7 Å². The highest BCUT2D eigenvalue weighted by atomic mass is 19.1. The third-order valence-corrected chi connectivity index (χ3v) is 3.43. The molecule has 0 amide bonds. The first-order valence-corrected chi connectivity index (χ1v) is 6.94. The van der Waals surface area contributed by atoms with Crippen LogP contribution in [-0.4, -0.2) is 23.8 Å². The van der Waals surface area contributed by atoms with Crippen molar-refractivity contribution in [3.05, 3.63) is 35.1 Å². The molecular weight excluding hydrogens is 241 g/mol. The van der Waals surface area contributed by atoms with Crippen molar-refractivity contribution < 1.29 is 4.39 Å². The molecule has 1 aromatic carbocycles. The second kappa shape index (κ2) is 6.15. The Morgan fingerprint density at radius 3 is 2.74 bits per heavy atom. The molecule has 1 aliphatic rings. The zero-order valence-corrected chi connectivity index (χ0v) is 11.5. The summed E-state index contributed by atoms with van der Waals surface area (Å²) in [6.45, 7) is 5.02. The van der Waals surface area contributed by atoms with Crippen LogP contribution >= 0.6 is 0 Å². The van der Waals surface area contributed by atoms with Gasteiger partial charge < -0.3 is 5.73 Å².